The lowest BCUT2D eigenvalue weighted by Gasteiger charge is -2.33. The van der Waals surface area contributed by atoms with Gasteiger partial charge in [-0.3, -0.25) is 20.1 Å². The van der Waals surface area contributed by atoms with Crippen molar-refractivity contribution in [2.24, 2.45) is 0 Å². The fourth-order valence-corrected chi connectivity index (χ4v) is 4.42. The Labute approximate surface area is 189 Å². The van der Waals surface area contributed by atoms with E-state index in [1.54, 1.807) is 17.1 Å². The van der Waals surface area contributed by atoms with E-state index in [1.807, 2.05) is 0 Å². The van der Waals surface area contributed by atoms with Crippen LogP contribution in [0.4, 0.5) is 11.4 Å². The number of carbonyl (C=O) groups excluding carboxylic acids is 1. The van der Waals surface area contributed by atoms with Gasteiger partial charge in [-0.05, 0) is 37.1 Å². The zero-order valence-corrected chi connectivity index (χ0v) is 18.0. The number of aromatic hydroxyl groups is 2. The maximum Gasteiger partial charge on any atom is 0.346 e. The van der Waals surface area contributed by atoms with Crippen molar-refractivity contribution in [1.82, 2.24) is 4.90 Å². The molecule has 0 amide bonds. The van der Waals surface area contributed by atoms with Gasteiger partial charge in [0.15, 0.2) is 5.78 Å². The molecule has 0 saturated carbocycles. The number of hydrogen-bond acceptors (Lipinski definition) is 9. The van der Waals surface area contributed by atoms with E-state index in [1.165, 1.54) is 30.7 Å². The van der Waals surface area contributed by atoms with E-state index in [2.05, 4.69) is 10.3 Å². The first-order valence-corrected chi connectivity index (χ1v) is 11.0. The number of nitrogens with zero attached hydrogens (tertiary/aromatic N) is 2. The molecular formula is C24H25N3O6. The number of ketones is 1. The summed E-state index contributed by atoms with van der Waals surface area (Å²) in [7, 11) is 0. The van der Waals surface area contributed by atoms with Gasteiger partial charge < -0.3 is 19.4 Å². The minimum Gasteiger partial charge on any atom is -0.508 e. The number of Topliss-reactive ketones (excluding diaryl/α,β-unsaturated/α-hetero) is 1. The molecule has 1 fully saturated rings. The van der Waals surface area contributed by atoms with E-state index in [4.69, 9.17) is 9.15 Å². The summed E-state index contributed by atoms with van der Waals surface area (Å²) in [5, 5.41) is 22.0. The summed E-state index contributed by atoms with van der Waals surface area (Å²) >= 11 is 0. The number of hydrogen-bond donors (Lipinski definition) is 3. The van der Waals surface area contributed by atoms with Crippen LogP contribution in [0.2, 0.25) is 0 Å². The van der Waals surface area contributed by atoms with Crippen LogP contribution in [-0.4, -0.2) is 53.9 Å². The van der Waals surface area contributed by atoms with Crippen LogP contribution in [0.25, 0.3) is 22.1 Å². The molecule has 0 atom stereocenters. The number of carbonyl (C=O) groups is 1. The molecule has 3 N–H and O–H groups in total. The molecule has 9 heteroatoms. The molecule has 3 aromatic rings. The molecule has 0 radical (unpaired) electrons. The number of phenolic OH excluding ortho intramolecular Hbond substituents is 2. The number of anilines is 2. The van der Waals surface area contributed by atoms with Crippen molar-refractivity contribution in [2.75, 3.05) is 43.4 Å². The Bertz CT molecular complexity index is 1270. The lowest BCUT2D eigenvalue weighted by molar-refractivity contribution is -0.124. The van der Waals surface area contributed by atoms with Crippen LogP contribution in [0.3, 0.4) is 0 Å². The molecule has 0 spiro atoms. The van der Waals surface area contributed by atoms with Crippen molar-refractivity contribution in [3.8, 4) is 22.6 Å². The van der Waals surface area contributed by atoms with Crippen molar-refractivity contribution in [3.05, 3.63) is 46.8 Å². The Hall–Kier alpha value is -3.56. The van der Waals surface area contributed by atoms with Crippen LogP contribution >= 0.6 is 0 Å². The van der Waals surface area contributed by atoms with Crippen molar-refractivity contribution in [2.45, 2.75) is 19.3 Å². The van der Waals surface area contributed by atoms with E-state index in [9.17, 15) is 19.8 Å². The molecule has 2 aliphatic heterocycles. The second-order valence-electron chi connectivity index (χ2n) is 8.41. The molecule has 3 heterocycles. The number of rotatable bonds is 6. The first-order valence-electron chi connectivity index (χ1n) is 11.0. The highest BCUT2D eigenvalue weighted by molar-refractivity contribution is 6.04. The van der Waals surface area contributed by atoms with Gasteiger partial charge in [0, 0.05) is 36.2 Å². The third kappa shape index (κ3) is 4.24. The van der Waals surface area contributed by atoms with Gasteiger partial charge in [-0.2, -0.15) is 0 Å². The smallest absolute Gasteiger partial charge is 0.346 e. The van der Waals surface area contributed by atoms with Crippen LogP contribution < -0.4 is 16.1 Å². The predicted molar refractivity (Wildman–Crippen MR) is 123 cm³/mol. The number of ether oxygens (including phenoxy) is 1. The quantitative estimate of drug-likeness (QED) is 0.486. The average Bonchev–Trinajstić information content (AvgIpc) is 2.79. The highest BCUT2D eigenvalue weighted by Crippen LogP contribution is 2.43. The molecule has 2 aliphatic rings. The number of benzene rings is 2. The zero-order valence-electron chi connectivity index (χ0n) is 18.0. The lowest BCUT2D eigenvalue weighted by atomic mass is 9.98. The van der Waals surface area contributed by atoms with Crippen molar-refractivity contribution in [1.29, 1.82) is 0 Å². The summed E-state index contributed by atoms with van der Waals surface area (Å²) < 4.78 is 11.1. The molecule has 1 aromatic heterocycles. The topological polar surface area (TPSA) is 115 Å². The van der Waals surface area contributed by atoms with Crippen LogP contribution in [0, 0.1) is 0 Å². The number of likely N-dealkylation sites (tertiary alicyclic amines) is 1. The van der Waals surface area contributed by atoms with Gasteiger partial charge in [-0.25, -0.2) is 4.79 Å². The van der Waals surface area contributed by atoms with Gasteiger partial charge >= 0.3 is 5.63 Å². The Kier molecular flexibility index (Phi) is 5.65. The SMILES string of the molecule is O=C(COCN1CCCCC1)CN1Nc2c(c(=O)oc3cc(O)ccc23)-c2ccc(O)cc21. The fourth-order valence-electron chi connectivity index (χ4n) is 4.42. The summed E-state index contributed by atoms with van der Waals surface area (Å²) in [6, 6.07) is 9.11. The van der Waals surface area contributed by atoms with Crippen molar-refractivity contribution in [3.63, 3.8) is 0 Å². The summed E-state index contributed by atoms with van der Waals surface area (Å²) in [6.07, 6.45) is 3.53. The molecule has 0 aliphatic carbocycles. The largest absolute Gasteiger partial charge is 0.508 e. The molecule has 33 heavy (non-hydrogen) atoms. The molecule has 0 unspecified atom stereocenters. The van der Waals surface area contributed by atoms with Gasteiger partial charge in [-0.1, -0.05) is 6.42 Å². The molecule has 2 aromatic carbocycles. The van der Waals surface area contributed by atoms with Gasteiger partial charge in [0.1, 0.15) is 30.2 Å². The molecular weight excluding hydrogens is 426 g/mol. The van der Waals surface area contributed by atoms with Crippen LogP contribution in [0.15, 0.2) is 45.6 Å². The molecule has 5 rings (SSSR count). The Morgan fingerprint density at radius 3 is 2.64 bits per heavy atom. The highest BCUT2D eigenvalue weighted by atomic mass is 16.5. The Morgan fingerprint density at radius 1 is 1.06 bits per heavy atom. The third-order valence-corrected chi connectivity index (χ3v) is 6.00. The predicted octanol–water partition coefficient (Wildman–Crippen LogP) is 3.05. The number of piperidine rings is 1. The molecule has 0 bridgehead atoms. The van der Waals surface area contributed by atoms with Gasteiger partial charge in [0.25, 0.3) is 0 Å². The van der Waals surface area contributed by atoms with E-state index in [0.717, 1.165) is 25.9 Å². The first-order chi connectivity index (χ1) is 16.0. The van der Waals surface area contributed by atoms with Crippen molar-refractivity contribution < 1.29 is 24.2 Å². The standard InChI is InChI=1S/C24H25N3O6/c28-15-4-6-18-20(10-15)27(12-17(30)13-32-14-26-8-2-1-3-9-26)25-23-19-7-5-16(29)11-21(19)33-24(31)22(18)23/h4-7,10-11,25,28-29H,1-3,8-9,12-14H2. The number of phenols is 2. The molecule has 9 nitrogen and oxygen atoms in total. The fraction of sp³-hybridized carbons (Fsp3) is 0.333. The zero-order chi connectivity index (χ0) is 22.9. The minimum absolute atomic E-state index is 0.00731. The average molecular weight is 451 g/mol. The Morgan fingerprint density at radius 2 is 1.82 bits per heavy atom. The van der Waals surface area contributed by atoms with Gasteiger partial charge in [0.2, 0.25) is 0 Å². The highest BCUT2D eigenvalue weighted by Gasteiger charge is 2.29. The monoisotopic (exact) mass is 451 g/mol. The summed E-state index contributed by atoms with van der Waals surface area (Å²) in [6.45, 7) is 2.32. The van der Waals surface area contributed by atoms with E-state index >= 15 is 0 Å². The number of hydrazine groups is 1. The molecule has 1 saturated heterocycles. The number of fused-ring (bicyclic) bond motifs is 5. The summed E-state index contributed by atoms with van der Waals surface area (Å²) in [5.74, 6) is -0.167. The summed E-state index contributed by atoms with van der Waals surface area (Å²) in [5.41, 5.74) is 4.58. The maximum atomic E-state index is 12.8. The van der Waals surface area contributed by atoms with E-state index < -0.39 is 5.63 Å². The van der Waals surface area contributed by atoms with E-state index in [0.29, 0.717) is 34.6 Å². The van der Waals surface area contributed by atoms with E-state index in [-0.39, 0.29) is 36.0 Å². The first kappa shape index (κ1) is 21.3. The lowest BCUT2D eigenvalue weighted by Crippen LogP contribution is -2.40. The summed E-state index contributed by atoms with van der Waals surface area (Å²) in [4.78, 5) is 27.7. The van der Waals surface area contributed by atoms with Crippen LogP contribution in [-0.2, 0) is 9.53 Å². The van der Waals surface area contributed by atoms with Gasteiger partial charge in [0.05, 0.1) is 23.7 Å². The van der Waals surface area contributed by atoms with Crippen LogP contribution in [0.5, 0.6) is 11.5 Å². The normalized spacial score (nSPS) is 15.7. The number of nitrogens with one attached hydrogen (secondary N) is 1. The minimum atomic E-state index is -0.585. The maximum absolute atomic E-state index is 12.8. The Balaban J connectivity index is 1.42. The molecule has 172 valence electrons. The van der Waals surface area contributed by atoms with Crippen molar-refractivity contribution >= 4 is 28.1 Å². The second-order valence-corrected chi connectivity index (χ2v) is 8.41. The van der Waals surface area contributed by atoms with Crippen LogP contribution in [0.1, 0.15) is 19.3 Å². The third-order valence-electron chi connectivity index (χ3n) is 6.00. The second kappa shape index (κ2) is 8.76. The van der Waals surface area contributed by atoms with Gasteiger partial charge in [-0.15, -0.1) is 0 Å².